The minimum atomic E-state index is -4.22. The number of likely N-dealkylation sites (N-methyl/N-ethyl adjacent to an activating group) is 1. The lowest BCUT2D eigenvalue weighted by Gasteiger charge is -2.17. The second kappa shape index (κ2) is 6.02. The Hall–Kier alpha value is -1.53. The molecule has 0 aliphatic carbocycles. The summed E-state index contributed by atoms with van der Waals surface area (Å²) in [5.74, 6) is -2.07. The van der Waals surface area contributed by atoms with Crippen molar-refractivity contribution < 1.29 is 31.7 Å². The third-order valence-electron chi connectivity index (χ3n) is 3.16. The summed E-state index contributed by atoms with van der Waals surface area (Å²) in [6, 6.07) is 0. The van der Waals surface area contributed by atoms with E-state index < -0.39 is 41.2 Å². The molecule has 25 heavy (non-hydrogen) atoms. The fraction of sp³-hybridized carbons (Fsp3) is 0.538. The molecule has 0 aromatic carbocycles. The van der Waals surface area contributed by atoms with Gasteiger partial charge in [0.15, 0.2) is 9.81 Å². The number of nitrogens with zero attached hydrogens (tertiary/aromatic N) is 2. The smallest absolute Gasteiger partial charge is 0.352 e. The van der Waals surface area contributed by atoms with Crippen LogP contribution >= 0.6 is 10.8 Å². The molecule has 1 atom stereocenters. The van der Waals surface area contributed by atoms with Crippen molar-refractivity contribution in [3.05, 3.63) is 20.4 Å². The van der Waals surface area contributed by atoms with Crippen LogP contribution in [-0.2, 0) is 37.8 Å². The first-order valence-corrected chi connectivity index (χ1v) is 11.2. The van der Waals surface area contributed by atoms with E-state index in [0.29, 0.717) is 10.8 Å². The molecule has 0 N–H and O–H groups in total. The van der Waals surface area contributed by atoms with Gasteiger partial charge >= 0.3 is 11.9 Å². The van der Waals surface area contributed by atoms with Crippen LogP contribution in [0.15, 0.2) is 24.8 Å². The number of methoxy groups -OCH3 is 2. The van der Waals surface area contributed by atoms with Gasteiger partial charge in [-0.3, -0.25) is 4.31 Å². The molecule has 2 rings (SSSR count). The highest BCUT2D eigenvalue weighted by molar-refractivity contribution is 8.76. The molecule has 2 aliphatic rings. The maximum Gasteiger partial charge on any atom is 0.352 e. The Morgan fingerprint density at radius 3 is 1.96 bits per heavy atom. The van der Waals surface area contributed by atoms with E-state index in [4.69, 9.17) is 0 Å². The van der Waals surface area contributed by atoms with Crippen molar-refractivity contribution in [3.8, 4) is 0 Å². The summed E-state index contributed by atoms with van der Waals surface area (Å²) in [5, 5.41) is 0. The van der Waals surface area contributed by atoms with Crippen molar-refractivity contribution in [2.24, 2.45) is 4.36 Å². The van der Waals surface area contributed by atoms with Crippen molar-refractivity contribution >= 4 is 41.5 Å². The molecule has 140 valence electrons. The van der Waals surface area contributed by atoms with Gasteiger partial charge in [-0.05, 0) is 31.6 Å². The lowest BCUT2D eigenvalue weighted by Crippen LogP contribution is -2.27. The van der Waals surface area contributed by atoms with Crippen LogP contribution in [0.1, 0.15) is 20.8 Å². The number of ether oxygens (including phenoxy) is 2. The van der Waals surface area contributed by atoms with E-state index in [2.05, 4.69) is 13.8 Å². The standard InChI is InChI=1S/C13H18N2O7S3/c1-13(2,3)14-24(18)9(11(16)21-5)7-8(23-24)10(12(17)22-6)25(19,20)15(7)4/h1-6H3. The predicted octanol–water partition coefficient (Wildman–Crippen LogP) is 0.959. The van der Waals surface area contributed by atoms with Gasteiger partial charge < -0.3 is 9.47 Å². The number of carbonyl (C=O) groups is 2. The van der Waals surface area contributed by atoms with Crippen molar-refractivity contribution in [3.63, 3.8) is 0 Å². The number of hydrogen-bond acceptors (Lipinski definition) is 9. The van der Waals surface area contributed by atoms with Gasteiger partial charge in [-0.2, -0.15) is 0 Å². The molecule has 0 aromatic rings. The van der Waals surface area contributed by atoms with E-state index in [9.17, 15) is 22.2 Å². The number of hydrogen-bond donors (Lipinski definition) is 0. The largest absolute Gasteiger partial charge is 0.465 e. The lowest BCUT2D eigenvalue weighted by atomic mass is 10.1. The molecule has 0 radical (unpaired) electrons. The SMILES string of the molecule is COC(=O)C1=C2SS(=O)(=NC(C)(C)C)C(C(=O)OC)=C2N(C)S1(=O)=O. The monoisotopic (exact) mass is 410 g/mol. The van der Waals surface area contributed by atoms with Gasteiger partial charge in [-0.15, -0.1) is 0 Å². The van der Waals surface area contributed by atoms with Crippen molar-refractivity contribution in [1.29, 1.82) is 0 Å². The summed E-state index contributed by atoms with van der Waals surface area (Å²) in [6.45, 7) is 5.05. The van der Waals surface area contributed by atoms with Crippen molar-refractivity contribution in [2.45, 2.75) is 26.3 Å². The lowest BCUT2D eigenvalue weighted by molar-refractivity contribution is -0.136. The van der Waals surface area contributed by atoms with Crippen LogP contribution in [0.3, 0.4) is 0 Å². The van der Waals surface area contributed by atoms with Crippen LogP contribution in [0.25, 0.3) is 0 Å². The normalized spacial score (nSPS) is 25.1. The first-order chi connectivity index (χ1) is 11.3. The van der Waals surface area contributed by atoms with Gasteiger partial charge in [0.05, 0.1) is 30.4 Å². The number of sulfonamides is 1. The molecule has 0 amide bonds. The molecule has 12 heteroatoms. The topological polar surface area (TPSA) is 119 Å². The summed E-state index contributed by atoms with van der Waals surface area (Å²) in [6.07, 6.45) is 0. The van der Waals surface area contributed by atoms with Gasteiger partial charge in [-0.25, -0.2) is 26.6 Å². The average Bonchev–Trinajstić information content (AvgIpc) is 2.84. The zero-order valence-electron chi connectivity index (χ0n) is 14.5. The van der Waals surface area contributed by atoms with Crippen LogP contribution in [-0.4, -0.2) is 55.7 Å². The van der Waals surface area contributed by atoms with E-state index in [1.54, 1.807) is 20.8 Å². The summed E-state index contributed by atoms with van der Waals surface area (Å²) < 4.78 is 52.6. The Kier molecular flexibility index (Phi) is 4.77. The molecular formula is C13H18N2O7S3. The molecule has 9 nitrogen and oxygen atoms in total. The fourth-order valence-electron chi connectivity index (χ4n) is 2.24. The van der Waals surface area contributed by atoms with E-state index >= 15 is 0 Å². The van der Waals surface area contributed by atoms with Gasteiger partial charge in [0.2, 0.25) is 0 Å². The molecule has 2 aliphatic heterocycles. The minimum Gasteiger partial charge on any atom is -0.465 e. The summed E-state index contributed by atoms with van der Waals surface area (Å²) in [7, 11) is -3.78. The summed E-state index contributed by atoms with van der Waals surface area (Å²) >= 11 is 0. The van der Waals surface area contributed by atoms with Crippen LogP contribution < -0.4 is 0 Å². The second-order valence-electron chi connectivity index (χ2n) is 6.11. The first-order valence-electron chi connectivity index (χ1n) is 6.92. The van der Waals surface area contributed by atoms with Crippen LogP contribution in [0, 0.1) is 0 Å². The number of fused-ring (bicyclic) bond motifs is 1. The van der Waals surface area contributed by atoms with Crippen molar-refractivity contribution in [2.75, 3.05) is 21.3 Å². The zero-order chi connectivity index (χ0) is 19.4. The Morgan fingerprint density at radius 2 is 1.52 bits per heavy atom. The first kappa shape index (κ1) is 19.8. The number of esters is 2. The highest BCUT2D eigenvalue weighted by atomic mass is 33.1. The second-order valence-corrected chi connectivity index (χ2v) is 12.0. The van der Waals surface area contributed by atoms with Gasteiger partial charge in [0, 0.05) is 7.05 Å². The Labute approximate surface area is 150 Å². The van der Waals surface area contributed by atoms with Gasteiger partial charge in [0.25, 0.3) is 10.0 Å². The third kappa shape index (κ3) is 3.06. The third-order valence-corrected chi connectivity index (χ3v) is 9.43. The molecular weight excluding hydrogens is 392 g/mol. The fourth-order valence-corrected chi connectivity index (χ4v) is 9.39. The molecule has 0 saturated heterocycles. The maximum absolute atomic E-state index is 13.4. The molecule has 0 bridgehead atoms. The molecule has 0 fully saturated rings. The quantitative estimate of drug-likeness (QED) is 0.488. The summed E-state index contributed by atoms with van der Waals surface area (Å²) in [4.78, 5) is 23.1. The maximum atomic E-state index is 13.4. The van der Waals surface area contributed by atoms with E-state index in [-0.39, 0.29) is 15.5 Å². The van der Waals surface area contributed by atoms with E-state index in [1.165, 1.54) is 0 Å². The van der Waals surface area contributed by atoms with Crippen LogP contribution in [0.4, 0.5) is 0 Å². The Morgan fingerprint density at radius 1 is 1.04 bits per heavy atom. The Bertz CT molecular complexity index is 945. The van der Waals surface area contributed by atoms with E-state index in [1.807, 2.05) is 0 Å². The highest BCUT2D eigenvalue weighted by Crippen LogP contribution is 2.54. The zero-order valence-corrected chi connectivity index (χ0v) is 16.9. The summed E-state index contributed by atoms with van der Waals surface area (Å²) in [5.41, 5.74) is -0.943. The van der Waals surface area contributed by atoms with Crippen LogP contribution in [0.5, 0.6) is 0 Å². The Balaban J connectivity index is 2.95. The molecule has 0 spiro atoms. The van der Waals surface area contributed by atoms with Gasteiger partial charge in [-0.1, -0.05) is 0 Å². The molecule has 0 saturated carbocycles. The highest BCUT2D eigenvalue weighted by Gasteiger charge is 2.53. The van der Waals surface area contributed by atoms with Crippen molar-refractivity contribution in [1.82, 2.24) is 4.31 Å². The minimum absolute atomic E-state index is 0.118. The number of carbonyl (C=O) groups excluding carboxylic acids is 2. The number of rotatable bonds is 2. The molecule has 2 heterocycles. The average molecular weight is 410 g/mol. The van der Waals surface area contributed by atoms with E-state index in [0.717, 1.165) is 25.6 Å². The molecule has 0 aromatic heterocycles. The van der Waals surface area contributed by atoms with Crippen LogP contribution in [0.2, 0.25) is 0 Å². The van der Waals surface area contributed by atoms with Gasteiger partial charge in [0.1, 0.15) is 8.76 Å². The molecule has 1 unspecified atom stereocenters. The predicted molar refractivity (Wildman–Crippen MR) is 92.7 cm³/mol.